The number of benzene rings is 2. The van der Waals surface area contributed by atoms with Gasteiger partial charge in [-0.25, -0.2) is 4.99 Å². The molecule has 1 saturated heterocycles. The van der Waals surface area contributed by atoms with E-state index in [-0.39, 0.29) is 12.5 Å². The first-order chi connectivity index (χ1) is 14.2. The molecule has 148 valence electrons. The summed E-state index contributed by atoms with van der Waals surface area (Å²) in [5, 5.41) is 9.41. The summed E-state index contributed by atoms with van der Waals surface area (Å²) in [5.41, 5.74) is 1.50. The van der Waals surface area contributed by atoms with E-state index in [1.807, 2.05) is 55.5 Å². The molecule has 0 N–H and O–H groups in total. The molecule has 0 aromatic heterocycles. The predicted molar refractivity (Wildman–Crippen MR) is 115 cm³/mol. The zero-order chi connectivity index (χ0) is 20.6. The fourth-order valence-corrected chi connectivity index (χ4v) is 3.78. The second-order valence-corrected chi connectivity index (χ2v) is 7.15. The van der Waals surface area contributed by atoms with Gasteiger partial charge in [-0.2, -0.15) is 5.26 Å². The first-order valence-electron chi connectivity index (χ1n) is 9.19. The predicted octanol–water partition coefficient (Wildman–Crippen LogP) is 4.61. The molecule has 0 aliphatic carbocycles. The maximum atomic E-state index is 13.0. The number of carbonyl (C=O) groups is 1. The summed E-state index contributed by atoms with van der Waals surface area (Å²) in [6, 6.07) is 16.7. The minimum atomic E-state index is -0.0841. The number of nitrogens with zero attached hydrogens (tertiary/aromatic N) is 3. The van der Waals surface area contributed by atoms with Crippen molar-refractivity contribution in [1.82, 2.24) is 4.90 Å². The zero-order valence-electron chi connectivity index (χ0n) is 16.3. The van der Waals surface area contributed by atoms with Crippen molar-refractivity contribution in [1.29, 1.82) is 5.26 Å². The van der Waals surface area contributed by atoms with E-state index in [0.29, 0.717) is 22.4 Å². The van der Waals surface area contributed by atoms with Gasteiger partial charge in [0.05, 0.1) is 17.7 Å². The van der Waals surface area contributed by atoms with Crippen LogP contribution in [0, 0.1) is 11.3 Å². The summed E-state index contributed by atoms with van der Waals surface area (Å²) in [6.07, 6.45) is 2.61. The molecule has 0 saturated carbocycles. The molecular weight excluding hydrogens is 386 g/mol. The molecular formula is C22H21N3O3S. The average molecular weight is 407 g/mol. The summed E-state index contributed by atoms with van der Waals surface area (Å²) in [7, 11) is 1.62. The first-order valence-corrected chi connectivity index (χ1v) is 10.0. The monoisotopic (exact) mass is 407 g/mol. The van der Waals surface area contributed by atoms with Gasteiger partial charge < -0.3 is 9.47 Å². The van der Waals surface area contributed by atoms with Gasteiger partial charge in [0.1, 0.15) is 17.6 Å². The van der Waals surface area contributed by atoms with Crippen LogP contribution >= 0.6 is 11.8 Å². The Bertz CT molecular complexity index is 978. The van der Waals surface area contributed by atoms with Crippen LogP contribution in [0.3, 0.4) is 0 Å². The Kier molecular flexibility index (Phi) is 6.93. The Morgan fingerprint density at radius 1 is 1.21 bits per heavy atom. The quantitative estimate of drug-likeness (QED) is 0.627. The van der Waals surface area contributed by atoms with Gasteiger partial charge in [0.25, 0.3) is 5.91 Å². The third kappa shape index (κ3) is 4.98. The maximum absolute atomic E-state index is 13.0. The second kappa shape index (κ2) is 9.80. The Hall–Kier alpha value is -3.24. The van der Waals surface area contributed by atoms with Crippen LogP contribution < -0.4 is 9.47 Å². The van der Waals surface area contributed by atoms with Gasteiger partial charge in [-0.1, -0.05) is 25.1 Å². The second-order valence-electron chi connectivity index (χ2n) is 6.14. The number of aliphatic imine (C=N–C) groups is 1. The lowest BCUT2D eigenvalue weighted by Gasteiger charge is -2.14. The van der Waals surface area contributed by atoms with E-state index in [1.54, 1.807) is 24.2 Å². The lowest BCUT2D eigenvalue weighted by Crippen LogP contribution is -2.29. The van der Waals surface area contributed by atoms with Crippen LogP contribution in [0.5, 0.6) is 11.5 Å². The Balaban J connectivity index is 1.92. The molecule has 29 heavy (non-hydrogen) atoms. The number of amidine groups is 1. The van der Waals surface area contributed by atoms with E-state index in [2.05, 4.69) is 4.99 Å². The molecule has 3 rings (SSSR count). The Morgan fingerprint density at radius 2 is 1.97 bits per heavy atom. The van der Waals surface area contributed by atoms with Gasteiger partial charge in [0, 0.05) is 12.1 Å². The van der Waals surface area contributed by atoms with Crippen molar-refractivity contribution in [3.05, 3.63) is 59.0 Å². The van der Waals surface area contributed by atoms with Crippen LogP contribution in [0.25, 0.3) is 6.08 Å². The number of rotatable bonds is 7. The highest BCUT2D eigenvalue weighted by Gasteiger charge is 2.33. The van der Waals surface area contributed by atoms with Crippen LogP contribution in [0.15, 0.2) is 58.4 Å². The molecule has 2 aromatic rings. The smallest absolute Gasteiger partial charge is 0.266 e. The molecule has 7 heteroatoms. The lowest BCUT2D eigenvalue weighted by atomic mass is 10.2. The summed E-state index contributed by atoms with van der Waals surface area (Å²) in [6.45, 7) is 2.56. The molecule has 1 fully saturated rings. The van der Waals surface area contributed by atoms with Crippen molar-refractivity contribution in [2.75, 3.05) is 20.3 Å². The number of nitriles is 1. The average Bonchev–Trinajstić information content (AvgIpc) is 3.03. The SMILES string of the molecule is CCCN1C(=O)C(=Cc2ccccc2OCC#N)SC1=Nc1ccc(OC)cc1. The van der Waals surface area contributed by atoms with Crippen LogP contribution in [0.4, 0.5) is 5.69 Å². The zero-order valence-corrected chi connectivity index (χ0v) is 17.1. The van der Waals surface area contributed by atoms with Crippen LogP contribution in [0.1, 0.15) is 18.9 Å². The van der Waals surface area contributed by atoms with Crippen LogP contribution in [-0.2, 0) is 4.79 Å². The maximum Gasteiger partial charge on any atom is 0.266 e. The highest BCUT2D eigenvalue weighted by molar-refractivity contribution is 8.18. The summed E-state index contributed by atoms with van der Waals surface area (Å²) in [5.74, 6) is 1.24. The Labute approximate surface area is 174 Å². The molecule has 2 aromatic carbocycles. The van der Waals surface area contributed by atoms with E-state index in [9.17, 15) is 4.79 Å². The van der Waals surface area contributed by atoms with E-state index in [0.717, 1.165) is 23.4 Å². The van der Waals surface area contributed by atoms with Crippen molar-refractivity contribution in [3.8, 4) is 17.6 Å². The highest BCUT2D eigenvalue weighted by atomic mass is 32.2. The normalized spacial score (nSPS) is 16.3. The van der Waals surface area contributed by atoms with Crippen molar-refractivity contribution in [2.45, 2.75) is 13.3 Å². The van der Waals surface area contributed by atoms with Gasteiger partial charge in [0.2, 0.25) is 0 Å². The van der Waals surface area contributed by atoms with Crippen LogP contribution in [-0.4, -0.2) is 36.2 Å². The molecule has 0 radical (unpaired) electrons. The molecule has 6 nitrogen and oxygen atoms in total. The van der Waals surface area contributed by atoms with Gasteiger partial charge in [-0.3, -0.25) is 9.69 Å². The number of methoxy groups -OCH3 is 1. The number of hydrogen-bond acceptors (Lipinski definition) is 6. The summed E-state index contributed by atoms with van der Waals surface area (Å²) >= 11 is 1.33. The summed E-state index contributed by atoms with van der Waals surface area (Å²) in [4.78, 5) is 19.9. The number of carbonyl (C=O) groups excluding carboxylic acids is 1. The topological polar surface area (TPSA) is 74.9 Å². The molecule has 1 aliphatic heterocycles. The molecule has 1 heterocycles. The lowest BCUT2D eigenvalue weighted by molar-refractivity contribution is -0.122. The van der Waals surface area contributed by atoms with E-state index in [4.69, 9.17) is 14.7 Å². The van der Waals surface area contributed by atoms with Gasteiger partial charge >= 0.3 is 0 Å². The van der Waals surface area contributed by atoms with E-state index < -0.39 is 0 Å². The number of para-hydroxylation sites is 1. The van der Waals surface area contributed by atoms with Crippen molar-refractivity contribution >= 4 is 34.6 Å². The van der Waals surface area contributed by atoms with Gasteiger partial charge in [-0.15, -0.1) is 0 Å². The number of amides is 1. The van der Waals surface area contributed by atoms with E-state index in [1.165, 1.54) is 11.8 Å². The van der Waals surface area contributed by atoms with Crippen molar-refractivity contribution in [2.24, 2.45) is 4.99 Å². The standard InChI is InChI=1S/C22H21N3O3S/c1-3-13-25-21(26)20(15-16-6-4-5-7-19(16)28-14-12-23)29-22(25)24-17-8-10-18(27-2)11-9-17/h4-11,15H,3,13-14H2,1-2H3. The molecule has 0 spiro atoms. The molecule has 0 unspecified atom stereocenters. The van der Waals surface area contributed by atoms with Gasteiger partial charge in [0.15, 0.2) is 11.8 Å². The van der Waals surface area contributed by atoms with Gasteiger partial charge in [-0.05, 0) is 54.6 Å². The third-order valence-corrected chi connectivity index (χ3v) is 5.14. The number of ether oxygens (including phenoxy) is 2. The number of hydrogen-bond donors (Lipinski definition) is 0. The fraction of sp³-hybridized carbons (Fsp3) is 0.227. The minimum Gasteiger partial charge on any atom is -0.497 e. The largest absolute Gasteiger partial charge is 0.497 e. The highest BCUT2D eigenvalue weighted by Crippen LogP contribution is 2.35. The molecule has 1 amide bonds. The molecule has 0 bridgehead atoms. The fourth-order valence-electron chi connectivity index (χ4n) is 2.76. The third-order valence-electron chi connectivity index (χ3n) is 4.13. The summed E-state index contributed by atoms with van der Waals surface area (Å²) < 4.78 is 10.6. The number of thioether (sulfide) groups is 1. The van der Waals surface area contributed by atoms with Crippen molar-refractivity contribution in [3.63, 3.8) is 0 Å². The molecule has 1 aliphatic rings. The van der Waals surface area contributed by atoms with Crippen molar-refractivity contribution < 1.29 is 14.3 Å². The minimum absolute atomic E-state index is 0.0482. The first kappa shape index (κ1) is 20.5. The molecule has 0 atom stereocenters. The van der Waals surface area contributed by atoms with Crippen LogP contribution in [0.2, 0.25) is 0 Å². The van der Waals surface area contributed by atoms with E-state index >= 15 is 0 Å². The Morgan fingerprint density at radius 3 is 2.66 bits per heavy atom.